The molecule has 0 bridgehead atoms. The molecule has 0 unspecified atom stereocenters. The third-order valence-corrected chi connectivity index (χ3v) is 2.32. The first-order chi connectivity index (χ1) is 9.33. The van der Waals surface area contributed by atoms with Crippen molar-refractivity contribution < 1.29 is 32.2 Å². The smallest absolute Gasteiger partial charge is 0.411 e. The Hall–Kier alpha value is -1.76. The Kier molecular flexibility index (Phi) is 5.82. The van der Waals surface area contributed by atoms with E-state index in [1.54, 1.807) is 6.07 Å². The normalized spacial score (nSPS) is 11.2. The zero-order chi connectivity index (χ0) is 15.2. The molecule has 0 amide bonds. The zero-order valence-corrected chi connectivity index (χ0v) is 11.1. The van der Waals surface area contributed by atoms with Gasteiger partial charge in [-0.15, -0.1) is 0 Å². The highest BCUT2D eigenvalue weighted by atomic mass is 19.4. The molecule has 0 aliphatic heterocycles. The second kappa shape index (κ2) is 7.14. The van der Waals surface area contributed by atoms with Gasteiger partial charge in [-0.1, -0.05) is 0 Å². The summed E-state index contributed by atoms with van der Waals surface area (Å²) in [6.45, 7) is -0.139. The summed E-state index contributed by atoms with van der Waals surface area (Å²) >= 11 is 0. The van der Waals surface area contributed by atoms with Gasteiger partial charge in [0.1, 0.15) is 13.2 Å². The zero-order valence-electron chi connectivity index (χ0n) is 11.1. The predicted molar refractivity (Wildman–Crippen MR) is 65.4 cm³/mol. The largest absolute Gasteiger partial charge is 0.493 e. The Morgan fingerprint density at radius 3 is 2.45 bits per heavy atom. The molecule has 0 radical (unpaired) electrons. The lowest BCUT2D eigenvalue weighted by molar-refractivity contribution is -0.175. The maximum atomic E-state index is 11.8. The van der Waals surface area contributed by atoms with E-state index in [0.717, 1.165) is 0 Å². The van der Waals surface area contributed by atoms with Crippen molar-refractivity contribution in [3.8, 4) is 11.5 Å². The molecule has 0 fully saturated rings. The van der Waals surface area contributed by atoms with Gasteiger partial charge in [0.05, 0.1) is 13.7 Å². The fourth-order valence-corrected chi connectivity index (χ4v) is 1.40. The number of carbonyl (C=O) groups is 1. The molecule has 20 heavy (non-hydrogen) atoms. The van der Waals surface area contributed by atoms with Gasteiger partial charge in [-0.2, -0.15) is 13.2 Å². The van der Waals surface area contributed by atoms with Crippen LogP contribution in [0.2, 0.25) is 0 Å². The second-order valence-corrected chi connectivity index (χ2v) is 3.94. The van der Waals surface area contributed by atoms with Gasteiger partial charge in [-0.25, -0.2) is 0 Å². The number of Topliss-reactive ketones (excluding diaryl/α,β-unsaturated/α-hetero) is 1. The van der Waals surface area contributed by atoms with Gasteiger partial charge in [0.25, 0.3) is 0 Å². The molecule has 1 rings (SSSR count). The van der Waals surface area contributed by atoms with E-state index in [1.807, 2.05) is 0 Å². The summed E-state index contributed by atoms with van der Waals surface area (Å²) in [4.78, 5) is 11.2. The number of alkyl halides is 3. The molecule has 112 valence electrons. The molecule has 0 heterocycles. The minimum atomic E-state index is -4.35. The fraction of sp³-hybridized carbons (Fsp3) is 0.462. The number of hydrogen-bond donors (Lipinski definition) is 0. The van der Waals surface area contributed by atoms with Gasteiger partial charge >= 0.3 is 6.18 Å². The molecule has 1 aromatic carbocycles. The molecule has 0 aromatic heterocycles. The number of hydrogen-bond acceptors (Lipinski definition) is 4. The molecule has 0 aliphatic rings. The molecule has 1 aromatic rings. The topological polar surface area (TPSA) is 44.8 Å². The van der Waals surface area contributed by atoms with Crippen LogP contribution in [0, 0.1) is 0 Å². The van der Waals surface area contributed by atoms with E-state index in [9.17, 15) is 18.0 Å². The highest BCUT2D eigenvalue weighted by molar-refractivity contribution is 5.94. The van der Waals surface area contributed by atoms with Crippen LogP contribution >= 0.6 is 0 Å². The summed E-state index contributed by atoms with van der Waals surface area (Å²) in [5, 5.41) is 0. The van der Waals surface area contributed by atoms with Crippen LogP contribution in [0.1, 0.15) is 17.3 Å². The Bertz CT molecular complexity index is 457. The van der Waals surface area contributed by atoms with Crippen LogP contribution in [-0.4, -0.2) is 38.9 Å². The summed E-state index contributed by atoms with van der Waals surface area (Å²) in [6.07, 6.45) is -4.35. The summed E-state index contributed by atoms with van der Waals surface area (Å²) in [5.74, 6) is 0.560. The van der Waals surface area contributed by atoms with Gasteiger partial charge in [0, 0.05) is 5.56 Å². The maximum absolute atomic E-state index is 11.8. The van der Waals surface area contributed by atoms with E-state index in [-0.39, 0.29) is 19.0 Å². The van der Waals surface area contributed by atoms with Crippen LogP contribution in [0.5, 0.6) is 11.5 Å². The lowest BCUT2D eigenvalue weighted by Crippen LogP contribution is -2.19. The first kappa shape index (κ1) is 16.3. The highest BCUT2D eigenvalue weighted by Crippen LogP contribution is 2.28. The molecule has 0 N–H and O–H groups in total. The number of ether oxygens (including phenoxy) is 3. The predicted octanol–water partition coefficient (Wildman–Crippen LogP) is 2.86. The minimum absolute atomic E-state index is 0.0497. The summed E-state index contributed by atoms with van der Waals surface area (Å²) in [6, 6.07) is 4.59. The number of ketones is 1. The van der Waals surface area contributed by atoms with Crippen LogP contribution < -0.4 is 9.47 Å². The highest BCUT2D eigenvalue weighted by Gasteiger charge is 2.27. The van der Waals surface area contributed by atoms with Crippen molar-refractivity contribution >= 4 is 5.78 Å². The Morgan fingerprint density at radius 2 is 1.90 bits per heavy atom. The van der Waals surface area contributed by atoms with Gasteiger partial charge in [-0.05, 0) is 25.1 Å². The molecular formula is C13H15F3O4. The minimum Gasteiger partial charge on any atom is -0.493 e. The molecular weight excluding hydrogens is 277 g/mol. The first-order valence-corrected chi connectivity index (χ1v) is 5.80. The second-order valence-electron chi connectivity index (χ2n) is 3.94. The van der Waals surface area contributed by atoms with Crippen molar-refractivity contribution in [2.24, 2.45) is 0 Å². The molecule has 0 atom stereocenters. The van der Waals surface area contributed by atoms with Gasteiger partial charge in [-0.3, -0.25) is 4.79 Å². The van der Waals surface area contributed by atoms with E-state index in [1.165, 1.54) is 26.2 Å². The van der Waals surface area contributed by atoms with Crippen molar-refractivity contribution in [3.63, 3.8) is 0 Å². The molecule has 0 saturated carbocycles. The summed E-state index contributed by atoms with van der Waals surface area (Å²) in [5.41, 5.74) is 0.461. The van der Waals surface area contributed by atoms with Crippen molar-refractivity contribution in [1.82, 2.24) is 0 Å². The van der Waals surface area contributed by atoms with Crippen LogP contribution in [-0.2, 0) is 4.74 Å². The van der Waals surface area contributed by atoms with Gasteiger partial charge in [0.15, 0.2) is 17.3 Å². The molecule has 0 saturated heterocycles. The van der Waals surface area contributed by atoms with Crippen molar-refractivity contribution in [2.45, 2.75) is 13.1 Å². The van der Waals surface area contributed by atoms with E-state index in [4.69, 9.17) is 9.47 Å². The average molecular weight is 292 g/mol. The lowest BCUT2D eigenvalue weighted by Gasteiger charge is -2.12. The maximum Gasteiger partial charge on any atom is 0.411 e. The van der Waals surface area contributed by atoms with E-state index < -0.39 is 12.8 Å². The third kappa shape index (κ3) is 5.48. The average Bonchev–Trinajstić information content (AvgIpc) is 2.36. The van der Waals surface area contributed by atoms with E-state index in [2.05, 4.69) is 4.74 Å². The van der Waals surface area contributed by atoms with Crippen molar-refractivity contribution in [3.05, 3.63) is 23.8 Å². The van der Waals surface area contributed by atoms with E-state index >= 15 is 0 Å². The Balaban J connectivity index is 2.49. The number of rotatable bonds is 7. The Morgan fingerprint density at radius 1 is 1.20 bits per heavy atom. The Labute approximate surface area is 114 Å². The quantitative estimate of drug-likeness (QED) is 0.572. The molecule has 4 nitrogen and oxygen atoms in total. The van der Waals surface area contributed by atoms with Crippen LogP contribution in [0.25, 0.3) is 0 Å². The number of carbonyl (C=O) groups excluding carboxylic acids is 1. The lowest BCUT2D eigenvalue weighted by atomic mass is 10.1. The molecule has 0 aliphatic carbocycles. The SMILES string of the molecule is COc1cc(C(C)=O)ccc1OCCOCC(F)(F)F. The standard InChI is InChI=1S/C13H15F3O4/c1-9(17)10-3-4-11(12(7-10)18-2)20-6-5-19-8-13(14,15)16/h3-4,7H,5-6,8H2,1-2H3. The first-order valence-electron chi connectivity index (χ1n) is 5.80. The summed E-state index contributed by atoms with van der Waals surface area (Å²) < 4.78 is 50.2. The molecule has 0 spiro atoms. The summed E-state index contributed by atoms with van der Waals surface area (Å²) in [7, 11) is 1.41. The van der Waals surface area contributed by atoms with Crippen LogP contribution in [0.4, 0.5) is 13.2 Å². The van der Waals surface area contributed by atoms with Gasteiger partial charge in [0.2, 0.25) is 0 Å². The monoisotopic (exact) mass is 292 g/mol. The fourth-order valence-electron chi connectivity index (χ4n) is 1.40. The van der Waals surface area contributed by atoms with Crippen LogP contribution in [0.3, 0.4) is 0 Å². The van der Waals surface area contributed by atoms with E-state index in [0.29, 0.717) is 17.1 Å². The molecule has 7 heteroatoms. The van der Waals surface area contributed by atoms with Crippen molar-refractivity contribution in [1.29, 1.82) is 0 Å². The number of benzene rings is 1. The van der Waals surface area contributed by atoms with Crippen molar-refractivity contribution in [2.75, 3.05) is 26.9 Å². The number of methoxy groups -OCH3 is 1. The third-order valence-electron chi connectivity index (χ3n) is 2.32. The van der Waals surface area contributed by atoms with Gasteiger partial charge < -0.3 is 14.2 Å². The number of halogens is 3. The van der Waals surface area contributed by atoms with Crippen LogP contribution in [0.15, 0.2) is 18.2 Å².